The Morgan fingerprint density at radius 3 is 2.90 bits per heavy atom. The van der Waals surface area contributed by atoms with Gasteiger partial charge in [-0.3, -0.25) is 4.79 Å². The number of anilines is 1. The van der Waals surface area contributed by atoms with E-state index >= 15 is 0 Å². The fourth-order valence-corrected chi connectivity index (χ4v) is 2.04. The third kappa shape index (κ3) is 3.39. The molecule has 0 aliphatic carbocycles. The van der Waals surface area contributed by atoms with E-state index in [4.69, 9.17) is 10.5 Å². The maximum atomic E-state index is 12.0. The van der Waals surface area contributed by atoms with E-state index in [2.05, 4.69) is 5.32 Å². The molecule has 1 heterocycles. The minimum absolute atomic E-state index is 0.101. The average Bonchev–Trinajstić information content (AvgIpc) is 2.87. The number of nitrogens with two attached hydrogens (primary N) is 1. The summed E-state index contributed by atoms with van der Waals surface area (Å²) in [5.74, 6) is 0.608. The summed E-state index contributed by atoms with van der Waals surface area (Å²) >= 11 is 0. The predicted molar refractivity (Wildman–Crippen MR) is 78.7 cm³/mol. The molecule has 1 atom stereocenters. The van der Waals surface area contributed by atoms with Crippen LogP contribution in [-0.4, -0.2) is 17.6 Å². The summed E-state index contributed by atoms with van der Waals surface area (Å²) in [6.07, 6.45) is 1.85. The topological polar surface area (TPSA) is 69.3 Å². The molecule has 0 spiro atoms. The Labute approximate surface area is 118 Å². The smallest absolute Gasteiger partial charge is 0.244 e. The molecule has 0 aliphatic rings. The molecule has 0 saturated carbocycles. The van der Waals surface area contributed by atoms with Gasteiger partial charge in [0.25, 0.3) is 0 Å². The number of amides is 1. The lowest BCUT2D eigenvalue weighted by Crippen LogP contribution is -2.21. The van der Waals surface area contributed by atoms with Crippen LogP contribution in [0.15, 0.2) is 42.6 Å². The number of rotatable bonds is 5. The molecular weight excluding hydrogens is 254 g/mol. The monoisotopic (exact) mass is 273 g/mol. The first-order chi connectivity index (χ1) is 9.60. The van der Waals surface area contributed by atoms with E-state index in [1.807, 2.05) is 48.0 Å². The molecule has 1 unspecified atom stereocenters. The van der Waals surface area contributed by atoms with Crippen molar-refractivity contribution in [2.24, 2.45) is 5.73 Å². The van der Waals surface area contributed by atoms with Gasteiger partial charge in [-0.2, -0.15) is 0 Å². The average molecular weight is 273 g/mol. The summed E-state index contributed by atoms with van der Waals surface area (Å²) in [5.41, 5.74) is 7.50. The van der Waals surface area contributed by atoms with E-state index in [1.165, 1.54) is 0 Å². The van der Waals surface area contributed by atoms with Crippen LogP contribution >= 0.6 is 0 Å². The number of aromatic nitrogens is 1. The molecular formula is C15H19N3O2. The first-order valence-corrected chi connectivity index (χ1v) is 6.44. The number of nitrogens with zero attached hydrogens (tertiary/aromatic N) is 1. The van der Waals surface area contributed by atoms with Crippen LogP contribution in [0.2, 0.25) is 0 Å². The van der Waals surface area contributed by atoms with Crippen LogP contribution in [0.1, 0.15) is 18.7 Å². The SMILES string of the molecule is COc1cccc(NC(=O)Cn2cccc2C(C)N)c1. The highest BCUT2D eigenvalue weighted by atomic mass is 16.5. The standard InChI is InChI=1S/C15H19N3O2/c1-11(16)14-7-4-8-18(14)10-15(19)17-12-5-3-6-13(9-12)20-2/h3-9,11H,10,16H2,1-2H3,(H,17,19). The second-order valence-electron chi connectivity index (χ2n) is 4.63. The van der Waals surface area contributed by atoms with Crippen molar-refractivity contribution in [2.75, 3.05) is 12.4 Å². The zero-order valence-corrected chi connectivity index (χ0v) is 11.7. The molecule has 2 rings (SSSR count). The highest BCUT2D eigenvalue weighted by Crippen LogP contribution is 2.17. The van der Waals surface area contributed by atoms with Gasteiger partial charge in [0, 0.05) is 29.7 Å². The number of ether oxygens (including phenoxy) is 1. The fraction of sp³-hybridized carbons (Fsp3) is 0.267. The number of carbonyl (C=O) groups is 1. The van der Waals surface area contributed by atoms with Gasteiger partial charge >= 0.3 is 0 Å². The number of hydrogen-bond acceptors (Lipinski definition) is 3. The van der Waals surface area contributed by atoms with Crippen molar-refractivity contribution >= 4 is 11.6 Å². The lowest BCUT2D eigenvalue weighted by atomic mass is 10.2. The normalized spacial score (nSPS) is 11.9. The van der Waals surface area contributed by atoms with Crippen LogP contribution in [0.4, 0.5) is 5.69 Å². The van der Waals surface area contributed by atoms with Crippen molar-refractivity contribution in [3.8, 4) is 5.75 Å². The van der Waals surface area contributed by atoms with Gasteiger partial charge in [-0.1, -0.05) is 6.07 Å². The van der Waals surface area contributed by atoms with Gasteiger partial charge < -0.3 is 20.4 Å². The molecule has 3 N–H and O–H groups in total. The van der Waals surface area contributed by atoms with Gasteiger partial charge in [-0.05, 0) is 31.2 Å². The van der Waals surface area contributed by atoms with E-state index in [1.54, 1.807) is 13.2 Å². The number of hydrogen-bond donors (Lipinski definition) is 2. The summed E-state index contributed by atoms with van der Waals surface area (Å²) < 4.78 is 6.97. The number of methoxy groups -OCH3 is 1. The quantitative estimate of drug-likeness (QED) is 0.877. The van der Waals surface area contributed by atoms with Crippen molar-refractivity contribution in [1.82, 2.24) is 4.57 Å². The molecule has 1 aromatic heterocycles. The zero-order chi connectivity index (χ0) is 14.5. The lowest BCUT2D eigenvalue weighted by Gasteiger charge is -2.12. The second-order valence-corrected chi connectivity index (χ2v) is 4.63. The van der Waals surface area contributed by atoms with Gasteiger partial charge in [0.05, 0.1) is 7.11 Å². The van der Waals surface area contributed by atoms with Crippen LogP contribution in [0.3, 0.4) is 0 Å². The number of carbonyl (C=O) groups excluding carboxylic acids is 1. The number of nitrogens with one attached hydrogen (secondary N) is 1. The Kier molecular flexibility index (Phi) is 4.42. The Balaban J connectivity index is 2.03. The molecule has 0 bridgehead atoms. The first kappa shape index (κ1) is 14.1. The lowest BCUT2D eigenvalue weighted by molar-refractivity contribution is -0.116. The maximum Gasteiger partial charge on any atom is 0.244 e. The molecule has 5 heteroatoms. The van der Waals surface area contributed by atoms with Crippen molar-refractivity contribution in [1.29, 1.82) is 0 Å². The molecule has 106 valence electrons. The predicted octanol–water partition coefficient (Wildman–Crippen LogP) is 2.16. The molecule has 1 amide bonds. The summed E-state index contributed by atoms with van der Waals surface area (Å²) in [7, 11) is 1.59. The molecule has 1 aromatic carbocycles. The van der Waals surface area contributed by atoms with E-state index in [0.717, 1.165) is 5.69 Å². The summed E-state index contributed by atoms with van der Waals surface area (Å²) in [4.78, 5) is 12.0. The third-order valence-electron chi connectivity index (χ3n) is 3.00. The Morgan fingerprint density at radius 2 is 2.20 bits per heavy atom. The molecule has 0 fully saturated rings. The van der Waals surface area contributed by atoms with Crippen LogP contribution < -0.4 is 15.8 Å². The van der Waals surface area contributed by atoms with Crippen molar-refractivity contribution in [3.63, 3.8) is 0 Å². The molecule has 20 heavy (non-hydrogen) atoms. The van der Waals surface area contributed by atoms with Crippen LogP contribution in [0.25, 0.3) is 0 Å². The molecule has 5 nitrogen and oxygen atoms in total. The first-order valence-electron chi connectivity index (χ1n) is 6.44. The molecule has 0 aliphatic heterocycles. The van der Waals surface area contributed by atoms with E-state index in [0.29, 0.717) is 11.4 Å². The molecule has 2 aromatic rings. The van der Waals surface area contributed by atoms with Gasteiger partial charge in [-0.25, -0.2) is 0 Å². The van der Waals surface area contributed by atoms with Crippen molar-refractivity contribution in [3.05, 3.63) is 48.3 Å². The summed E-state index contributed by atoms with van der Waals surface area (Å²) in [6.45, 7) is 2.13. The Morgan fingerprint density at radius 1 is 1.40 bits per heavy atom. The zero-order valence-electron chi connectivity index (χ0n) is 11.7. The van der Waals surface area contributed by atoms with Crippen LogP contribution in [-0.2, 0) is 11.3 Å². The summed E-state index contributed by atoms with van der Waals surface area (Å²) in [5, 5.41) is 2.84. The van der Waals surface area contributed by atoms with Crippen LogP contribution in [0, 0.1) is 0 Å². The van der Waals surface area contributed by atoms with Gasteiger partial charge in [-0.15, -0.1) is 0 Å². The largest absolute Gasteiger partial charge is 0.497 e. The Hall–Kier alpha value is -2.27. The minimum atomic E-state index is -0.102. The van der Waals surface area contributed by atoms with Crippen molar-refractivity contribution < 1.29 is 9.53 Å². The summed E-state index contributed by atoms with van der Waals surface area (Å²) in [6, 6.07) is 11.0. The maximum absolute atomic E-state index is 12.0. The van der Waals surface area contributed by atoms with Gasteiger partial charge in [0.2, 0.25) is 5.91 Å². The highest BCUT2D eigenvalue weighted by Gasteiger charge is 2.09. The third-order valence-corrected chi connectivity index (χ3v) is 3.00. The second kappa shape index (κ2) is 6.25. The highest BCUT2D eigenvalue weighted by molar-refractivity contribution is 5.90. The Bertz CT molecular complexity index is 590. The van der Waals surface area contributed by atoms with Crippen molar-refractivity contribution in [2.45, 2.75) is 19.5 Å². The molecule has 0 radical (unpaired) electrons. The van der Waals surface area contributed by atoms with E-state index < -0.39 is 0 Å². The van der Waals surface area contributed by atoms with Crippen LogP contribution in [0.5, 0.6) is 5.75 Å². The minimum Gasteiger partial charge on any atom is -0.497 e. The van der Waals surface area contributed by atoms with E-state index in [9.17, 15) is 4.79 Å². The van der Waals surface area contributed by atoms with Gasteiger partial charge in [0.1, 0.15) is 12.3 Å². The number of benzene rings is 1. The fourth-order valence-electron chi connectivity index (χ4n) is 2.04. The van der Waals surface area contributed by atoms with E-state index in [-0.39, 0.29) is 18.5 Å². The molecule has 0 saturated heterocycles. The van der Waals surface area contributed by atoms with Gasteiger partial charge in [0.15, 0.2) is 0 Å².